The van der Waals surface area contributed by atoms with Crippen molar-refractivity contribution in [1.82, 2.24) is 15.0 Å². The van der Waals surface area contributed by atoms with E-state index in [-0.39, 0.29) is 5.69 Å². The second-order valence-corrected chi connectivity index (χ2v) is 4.62. The van der Waals surface area contributed by atoms with Gasteiger partial charge < -0.3 is 4.98 Å². The van der Waals surface area contributed by atoms with E-state index >= 15 is 0 Å². The van der Waals surface area contributed by atoms with E-state index in [0.717, 1.165) is 11.8 Å². The summed E-state index contributed by atoms with van der Waals surface area (Å²) in [7, 11) is 0. The summed E-state index contributed by atoms with van der Waals surface area (Å²) in [6.45, 7) is 0. The van der Waals surface area contributed by atoms with Crippen molar-refractivity contribution in [2.24, 2.45) is 0 Å². The van der Waals surface area contributed by atoms with E-state index in [1.54, 1.807) is 12.4 Å². The SMILES string of the molecule is O=[N+]([O-])c1cc(Br)cnc1Sc1ncc[nH]1. The molecule has 0 aliphatic heterocycles. The van der Waals surface area contributed by atoms with Gasteiger partial charge in [-0.3, -0.25) is 10.1 Å². The van der Waals surface area contributed by atoms with Crippen molar-refractivity contribution in [3.63, 3.8) is 0 Å². The molecule has 82 valence electrons. The molecule has 8 heteroatoms. The summed E-state index contributed by atoms with van der Waals surface area (Å²) in [5.41, 5.74) is -0.0456. The molecule has 0 atom stereocenters. The van der Waals surface area contributed by atoms with Crippen LogP contribution < -0.4 is 0 Å². The summed E-state index contributed by atoms with van der Waals surface area (Å²) in [6, 6.07) is 1.41. The van der Waals surface area contributed by atoms with Crippen molar-refractivity contribution in [3.05, 3.63) is 39.2 Å². The normalized spacial score (nSPS) is 10.3. The zero-order valence-electron chi connectivity index (χ0n) is 7.75. The zero-order chi connectivity index (χ0) is 11.5. The molecular formula is C8H5BrN4O2S. The third-order valence-electron chi connectivity index (χ3n) is 1.66. The first-order valence-corrected chi connectivity index (χ1v) is 5.75. The number of rotatable bonds is 3. The lowest BCUT2D eigenvalue weighted by molar-refractivity contribution is -0.388. The maximum atomic E-state index is 10.8. The van der Waals surface area contributed by atoms with Crippen molar-refractivity contribution in [3.8, 4) is 0 Å². The van der Waals surface area contributed by atoms with Crippen LogP contribution in [0.1, 0.15) is 0 Å². The van der Waals surface area contributed by atoms with Crippen LogP contribution in [0.4, 0.5) is 5.69 Å². The summed E-state index contributed by atoms with van der Waals surface area (Å²) in [5, 5.41) is 11.7. The highest BCUT2D eigenvalue weighted by molar-refractivity contribution is 9.10. The number of H-pyrrole nitrogens is 1. The van der Waals surface area contributed by atoms with Crippen LogP contribution in [0.15, 0.2) is 39.3 Å². The van der Waals surface area contributed by atoms with Crippen LogP contribution in [0.3, 0.4) is 0 Å². The summed E-state index contributed by atoms with van der Waals surface area (Å²) < 4.78 is 0.572. The topological polar surface area (TPSA) is 84.7 Å². The van der Waals surface area contributed by atoms with Crippen molar-refractivity contribution >= 4 is 33.4 Å². The molecule has 2 rings (SSSR count). The van der Waals surface area contributed by atoms with Crippen molar-refractivity contribution in [2.75, 3.05) is 0 Å². The molecule has 2 aromatic rings. The molecule has 0 fully saturated rings. The van der Waals surface area contributed by atoms with Gasteiger partial charge in [-0.1, -0.05) is 0 Å². The second-order valence-electron chi connectivity index (χ2n) is 2.73. The standard InChI is InChI=1S/C8H5BrN4O2S/c9-5-3-6(13(14)15)7(12-4-5)16-8-10-1-2-11-8/h1-4H,(H,10,11). The Balaban J connectivity index is 2.36. The Morgan fingerprint density at radius 1 is 1.50 bits per heavy atom. The molecule has 0 aromatic carbocycles. The first-order valence-electron chi connectivity index (χ1n) is 4.14. The predicted molar refractivity (Wildman–Crippen MR) is 61.3 cm³/mol. The second kappa shape index (κ2) is 4.62. The van der Waals surface area contributed by atoms with Gasteiger partial charge in [0, 0.05) is 29.1 Å². The van der Waals surface area contributed by atoms with Gasteiger partial charge in [-0.2, -0.15) is 0 Å². The van der Waals surface area contributed by atoms with Crippen molar-refractivity contribution in [2.45, 2.75) is 10.2 Å². The predicted octanol–water partition coefficient (Wildman–Crippen LogP) is 2.63. The molecule has 2 aromatic heterocycles. The minimum atomic E-state index is -0.469. The van der Waals surface area contributed by atoms with Gasteiger partial charge in [0.05, 0.1) is 4.92 Å². The molecule has 0 radical (unpaired) electrons. The monoisotopic (exact) mass is 300 g/mol. The fraction of sp³-hybridized carbons (Fsp3) is 0. The first kappa shape index (κ1) is 11.1. The summed E-state index contributed by atoms with van der Waals surface area (Å²) in [5.74, 6) is 0. The van der Waals surface area contributed by atoms with Crippen LogP contribution in [-0.4, -0.2) is 19.9 Å². The fourth-order valence-electron chi connectivity index (χ4n) is 1.02. The lowest BCUT2D eigenvalue weighted by Gasteiger charge is -1.99. The molecular weight excluding hydrogens is 296 g/mol. The van der Waals surface area contributed by atoms with E-state index in [0.29, 0.717) is 14.7 Å². The number of aromatic nitrogens is 3. The van der Waals surface area contributed by atoms with Crippen LogP contribution in [0.5, 0.6) is 0 Å². The number of nitrogens with one attached hydrogen (secondary N) is 1. The maximum absolute atomic E-state index is 10.8. The smallest absolute Gasteiger partial charge is 0.302 e. The van der Waals surface area contributed by atoms with Gasteiger partial charge in [0.2, 0.25) is 0 Å². The van der Waals surface area contributed by atoms with E-state index in [2.05, 4.69) is 30.9 Å². The number of pyridine rings is 1. The van der Waals surface area contributed by atoms with E-state index in [1.807, 2.05) is 0 Å². The van der Waals surface area contributed by atoms with Crippen molar-refractivity contribution in [1.29, 1.82) is 0 Å². The highest BCUT2D eigenvalue weighted by Gasteiger charge is 2.17. The van der Waals surface area contributed by atoms with E-state index in [9.17, 15) is 10.1 Å². The molecule has 0 unspecified atom stereocenters. The molecule has 1 N–H and O–H groups in total. The third-order valence-corrected chi connectivity index (χ3v) is 3.02. The lowest BCUT2D eigenvalue weighted by atomic mass is 10.4. The molecule has 0 aliphatic carbocycles. The summed E-state index contributed by atoms with van der Waals surface area (Å²) in [4.78, 5) is 21.1. The molecule has 16 heavy (non-hydrogen) atoms. The maximum Gasteiger partial charge on any atom is 0.302 e. The minimum absolute atomic E-state index is 0.0456. The first-order chi connectivity index (χ1) is 7.66. The van der Waals surface area contributed by atoms with Crippen LogP contribution >= 0.6 is 27.7 Å². The van der Waals surface area contributed by atoms with E-state index < -0.39 is 4.92 Å². The zero-order valence-corrected chi connectivity index (χ0v) is 10.2. The number of hydrogen-bond acceptors (Lipinski definition) is 5. The minimum Gasteiger partial charge on any atom is -0.339 e. The Hall–Kier alpha value is -1.41. The van der Waals surface area contributed by atoms with Gasteiger partial charge in [-0.05, 0) is 27.7 Å². The van der Waals surface area contributed by atoms with Crippen LogP contribution in [0, 0.1) is 10.1 Å². The number of halogens is 1. The molecule has 2 heterocycles. The number of aromatic amines is 1. The molecule has 0 aliphatic rings. The third kappa shape index (κ3) is 2.39. The van der Waals surface area contributed by atoms with E-state index in [1.165, 1.54) is 12.3 Å². The number of imidazole rings is 1. The Bertz CT molecular complexity index is 517. The van der Waals surface area contributed by atoms with Gasteiger partial charge in [-0.25, -0.2) is 9.97 Å². The highest BCUT2D eigenvalue weighted by Crippen LogP contribution is 2.32. The Morgan fingerprint density at radius 2 is 2.31 bits per heavy atom. The molecule has 0 spiro atoms. The summed E-state index contributed by atoms with van der Waals surface area (Å²) >= 11 is 4.26. The van der Waals surface area contributed by atoms with Crippen LogP contribution in [-0.2, 0) is 0 Å². The largest absolute Gasteiger partial charge is 0.339 e. The van der Waals surface area contributed by atoms with Gasteiger partial charge >= 0.3 is 5.69 Å². The molecule has 0 amide bonds. The average molecular weight is 301 g/mol. The van der Waals surface area contributed by atoms with Crippen molar-refractivity contribution < 1.29 is 4.92 Å². The fourth-order valence-corrected chi connectivity index (χ4v) is 2.11. The van der Waals surface area contributed by atoms with Gasteiger partial charge in [0.15, 0.2) is 10.2 Å². The van der Waals surface area contributed by atoms with Gasteiger partial charge in [-0.15, -0.1) is 0 Å². The van der Waals surface area contributed by atoms with Gasteiger partial charge in [0.25, 0.3) is 0 Å². The number of hydrogen-bond donors (Lipinski definition) is 1. The van der Waals surface area contributed by atoms with Crippen LogP contribution in [0.2, 0.25) is 0 Å². The molecule has 0 bridgehead atoms. The Labute approximate surface area is 103 Å². The molecule has 0 saturated heterocycles. The quantitative estimate of drug-likeness (QED) is 0.696. The van der Waals surface area contributed by atoms with Gasteiger partial charge in [0.1, 0.15) is 0 Å². The summed E-state index contributed by atoms with van der Waals surface area (Å²) in [6.07, 6.45) is 4.73. The molecule has 0 saturated carbocycles. The number of nitrogens with zero attached hydrogens (tertiary/aromatic N) is 3. The Morgan fingerprint density at radius 3 is 2.94 bits per heavy atom. The lowest BCUT2D eigenvalue weighted by Crippen LogP contribution is -1.93. The Kier molecular flexibility index (Phi) is 3.20. The van der Waals surface area contributed by atoms with Crippen LogP contribution in [0.25, 0.3) is 0 Å². The van der Waals surface area contributed by atoms with E-state index in [4.69, 9.17) is 0 Å². The molecule has 6 nitrogen and oxygen atoms in total. The average Bonchev–Trinajstić information content (AvgIpc) is 2.73. The highest BCUT2D eigenvalue weighted by atomic mass is 79.9. The number of nitro groups is 1.